The summed E-state index contributed by atoms with van der Waals surface area (Å²) in [5, 5.41) is 0.668. The Balaban J connectivity index is 3.10. The van der Waals surface area contributed by atoms with E-state index in [0.717, 1.165) is 16.2 Å². The first-order chi connectivity index (χ1) is 7.06. The van der Waals surface area contributed by atoms with Crippen molar-refractivity contribution in [2.24, 2.45) is 0 Å². The van der Waals surface area contributed by atoms with Crippen LogP contribution in [0.2, 0.25) is 5.02 Å². The fourth-order valence-electron chi connectivity index (χ4n) is 1.19. The molecule has 0 bridgehead atoms. The van der Waals surface area contributed by atoms with Crippen LogP contribution in [-0.4, -0.2) is 30.7 Å². The third kappa shape index (κ3) is 3.14. The number of hydrogen-bond donors (Lipinski definition) is 0. The van der Waals surface area contributed by atoms with E-state index in [9.17, 15) is 4.79 Å². The van der Waals surface area contributed by atoms with Crippen molar-refractivity contribution < 1.29 is 4.79 Å². The zero-order valence-electron chi connectivity index (χ0n) is 9.08. The molecule has 4 heteroatoms. The molecule has 0 aliphatic carbocycles. The molecule has 0 aliphatic heterocycles. The smallest absolute Gasteiger partial charge is 0.254 e. The Kier molecular flexibility index (Phi) is 4.48. The summed E-state index contributed by atoms with van der Waals surface area (Å²) in [6, 6.07) is 5.37. The number of nitrogens with zero attached hydrogens (tertiary/aromatic N) is 1. The highest BCUT2D eigenvalue weighted by Gasteiger charge is 2.13. The number of carbonyl (C=O) groups is 1. The fraction of sp³-hybridized carbons (Fsp3) is 0.364. The molecule has 0 saturated carbocycles. The lowest BCUT2D eigenvalue weighted by molar-refractivity contribution is 0.0824. The van der Waals surface area contributed by atoms with Crippen molar-refractivity contribution in [3.63, 3.8) is 0 Å². The van der Waals surface area contributed by atoms with E-state index in [1.807, 2.05) is 6.07 Å². The molecule has 1 rings (SSSR count). The number of thioether (sulfide) groups is 1. The first kappa shape index (κ1) is 12.4. The number of carbonyl (C=O) groups excluding carboxylic acids is 1. The monoisotopic (exact) mass is 243 g/mol. The number of benzene rings is 1. The predicted octanol–water partition coefficient (Wildman–Crippen LogP) is 3.15. The Hall–Kier alpha value is -0.670. The van der Waals surface area contributed by atoms with Gasteiger partial charge in [-0.05, 0) is 24.0 Å². The van der Waals surface area contributed by atoms with Crippen LogP contribution in [0.5, 0.6) is 0 Å². The lowest BCUT2D eigenvalue weighted by atomic mass is 10.2. The molecule has 0 aromatic heterocycles. The van der Waals surface area contributed by atoms with Gasteiger partial charge in [0.1, 0.15) is 0 Å². The lowest BCUT2D eigenvalue weighted by Gasteiger charge is -2.13. The van der Waals surface area contributed by atoms with E-state index < -0.39 is 0 Å². The SMILES string of the molecule is CCSc1cc(Cl)ccc1C(=O)N(C)C. The second-order valence-corrected chi connectivity index (χ2v) is 5.02. The zero-order chi connectivity index (χ0) is 11.4. The van der Waals surface area contributed by atoms with Gasteiger partial charge in [-0.2, -0.15) is 0 Å². The standard InChI is InChI=1S/C11H14ClNOS/c1-4-15-10-7-8(12)5-6-9(10)11(14)13(2)3/h5-7H,4H2,1-3H3. The molecule has 0 fully saturated rings. The van der Waals surface area contributed by atoms with Crippen molar-refractivity contribution >= 4 is 29.3 Å². The number of hydrogen-bond acceptors (Lipinski definition) is 2. The van der Waals surface area contributed by atoms with Crippen LogP contribution in [0.3, 0.4) is 0 Å². The number of amides is 1. The summed E-state index contributed by atoms with van der Waals surface area (Å²) < 4.78 is 0. The minimum absolute atomic E-state index is 0.0163. The van der Waals surface area contributed by atoms with Gasteiger partial charge in [0, 0.05) is 24.0 Å². The molecule has 0 aliphatic rings. The van der Waals surface area contributed by atoms with E-state index in [4.69, 9.17) is 11.6 Å². The number of rotatable bonds is 3. The van der Waals surface area contributed by atoms with Gasteiger partial charge in [0.05, 0.1) is 5.56 Å². The summed E-state index contributed by atoms with van der Waals surface area (Å²) in [7, 11) is 3.49. The molecule has 1 aromatic rings. The van der Waals surface area contributed by atoms with Gasteiger partial charge < -0.3 is 4.90 Å². The van der Waals surface area contributed by atoms with Crippen molar-refractivity contribution in [2.75, 3.05) is 19.8 Å². The van der Waals surface area contributed by atoms with Crippen molar-refractivity contribution in [1.29, 1.82) is 0 Å². The zero-order valence-corrected chi connectivity index (χ0v) is 10.7. The maximum Gasteiger partial charge on any atom is 0.254 e. The second kappa shape index (κ2) is 5.42. The number of halogens is 1. The van der Waals surface area contributed by atoms with E-state index >= 15 is 0 Å². The van der Waals surface area contributed by atoms with Crippen molar-refractivity contribution in [2.45, 2.75) is 11.8 Å². The van der Waals surface area contributed by atoms with E-state index in [2.05, 4.69) is 6.92 Å². The maximum atomic E-state index is 11.8. The van der Waals surface area contributed by atoms with Crippen LogP contribution in [0.4, 0.5) is 0 Å². The van der Waals surface area contributed by atoms with Gasteiger partial charge in [0.15, 0.2) is 0 Å². The Bertz CT molecular complexity index is 366. The van der Waals surface area contributed by atoms with Crippen LogP contribution in [0, 0.1) is 0 Å². The Labute approximate surface area is 99.6 Å². The van der Waals surface area contributed by atoms with Gasteiger partial charge in [-0.25, -0.2) is 0 Å². The molecule has 15 heavy (non-hydrogen) atoms. The summed E-state index contributed by atoms with van der Waals surface area (Å²) in [6.07, 6.45) is 0. The molecule has 0 saturated heterocycles. The maximum absolute atomic E-state index is 11.8. The molecule has 0 heterocycles. The Morgan fingerprint density at radius 2 is 2.13 bits per heavy atom. The largest absolute Gasteiger partial charge is 0.345 e. The first-order valence-electron chi connectivity index (χ1n) is 4.70. The van der Waals surface area contributed by atoms with Gasteiger partial charge in [-0.1, -0.05) is 18.5 Å². The lowest BCUT2D eigenvalue weighted by Crippen LogP contribution is -2.22. The topological polar surface area (TPSA) is 20.3 Å². The molecule has 0 spiro atoms. The molecular formula is C11H14ClNOS. The summed E-state index contributed by atoms with van der Waals surface area (Å²) >= 11 is 7.53. The Morgan fingerprint density at radius 3 is 2.67 bits per heavy atom. The average molecular weight is 244 g/mol. The summed E-state index contributed by atoms with van der Waals surface area (Å²) in [4.78, 5) is 14.3. The molecule has 1 aromatic carbocycles. The van der Waals surface area contributed by atoms with E-state index in [-0.39, 0.29) is 5.91 Å². The van der Waals surface area contributed by atoms with Crippen LogP contribution in [0.1, 0.15) is 17.3 Å². The van der Waals surface area contributed by atoms with E-state index in [1.54, 1.807) is 42.9 Å². The van der Waals surface area contributed by atoms with Crippen LogP contribution >= 0.6 is 23.4 Å². The second-order valence-electron chi connectivity index (χ2n) is 3.27. The van der Waals surface area contributed by atoms with Crippen LogP contribution in [0.15, 0.2) is 23.1 Å². The van der Waals surface area contributed by atoms with Crippen molar-refractivity contribution in [3.8, 4) is 0 Å². The molecule has 0 atom stereocenters. The summed E-state index contributed by atoms with van der Waals surface area (Å²) in [6.45, 7) is 2.05. The molecule has 0 radical (unpaired) electrons. The van der Waals surface area contributed by atoms with Gasteiger partial charge in [-0.3, -0.25) is 4.79 Å². The average Bonchev–Trinajstić information content (AvgIpc) is 2.17. The molecule has 82 valence electrons. The van der Waals surface area contributed by atoms with Gasteiger partial charge in [-0.15, -0.1) is 11.8 Å². The third-order valence-electron chi connectivity index (χ3n) is 1.88. The molecule has 1 amide bonds. The van der Waals surface area contributed by atoms with Crippen LogP contribution < -0.4 is 0 Å². The fourth-order valence-corrected chi connectivity index (χ4v) is 2.26. The first-order valence-corrected chi connectivity index (χ1v) is 6.06. The van der Waals surface area contributed by atoms with Gasteiger partial charge >= 0.3 is 0 Å². The highest BCUT2D eigenvalue weighted by atomic mass is 35.5. The summed E-state index contributed by atoms with van der Waals surface area (Å²) in [5.74, 6) is 0.941. The molecule has 0 unspecified atom stereocenters. The Morgan fingerprint density at radius 1 is 1.47 bits per heavy atom. The van der Waals surface area contributed by atoms with Gasteiger partial charge in [0.25, 0.3) is 5.91 Å². The minimum Gasteiger partial charge on any atom is -0.345 e. The normalized spacial score (nSPS) is 10.1. The van der Waals surface area contributed by atoms with E-state index in [1.165, 1.54) is 0 Å². The quantitative estimate of drug-likeness (QED) is 0.761. The highest BCUT2D eigenvalue weighted by molar-refractivity contribution is 7.99. The van der Waals surface area contributed by atoms with Crippen LogP contribution in [0.25, 0.3) is 0 Å². The molecule has 0 N–H and O–H groups in total. The third-order valence-corrected chi connectivity index (χ3v) is 3.05. The van der Waals surface area contributed by atoms with E-state index in [0.29, 0.717) is 5.02 Å². The summed E-state index contributed by atoms with van der Waals surface area (Å²) in [5.41, 5.74) is 0.719. The van der Waals surface area contributed by atoms with Gasteiger partial charge in [0.2, 0.25) is 0 Å². The van der Waals surface area contributed by atoms with Crippen LogP contribution in [-0.2, 0) is 0 Å². The molecule has 2 nitrogen and oxygen atoms in total. The predicted molar refractivity (Wildman–Crippen MR) is 65.9 cm³/mol. The minimum atomic E-state index is 0.0163. The van der Waals surface area contributed by atoms with Crippen molar-refractivity contribution in [3.05, 3.63) is 28.8 Å². The highest BCUT2D eigenvalue weighted by Crippen LogP contribution is 2.26. The van der Waals surface area contributed by atoms with Crippen molar-refractivity contribution in [1.82, 2.24) is 4.90 Å². The molecular weight excluding hydrogens is 230 g/mol.